The molecule has 2 fully saturated rings. The zero-order valence-corrected chi connectivity index (χ0v) is 12.4. The minimum atomic E-state index is -0.806. The van der Waals surface area contributed by atoms with Crippen LogP contribution in [0.5, 0.6) is 0 Å². The van der Waals surface area contributed by atoms with E-state index in [-0.39, 0.29) is 17.9 Å². The second kappa shape index (κ2) is 7.09. The third kappa shape index (κ3) is 3.97. The Labute approximate surface area is 121 Å². The van der Waals surface area contributed by atoms with Crippen LogP contribution in [0.3, 0.4) is 0 Å². The Balaban J connectivity index is 1.90. The van der Waals surface area contributed by atoms with Gasteiger partial charge in [0.15, 0.2) is 0 Å². The fraction of sp³-hybridized carbons (Fsp3) is 0.875. The molecule has 2 N–H and O–H groups in total. The normalized spacial score (nSPS) is 35.0. The highest BCUT2D eigenvalue weighted by Gasteiger charge is 2.36. The first-order valence-electron chi connectivity index (χ1n) is 8.11. The number of carbonyl (C=O) groups excluding carboxylic acids is 1. The average molecular weight is 281 g/mol. The van der Waals surface area contributed by atoms with Gasteiger partial charge in [0.05, 0.1) is 11.8 Å². The molecular weight excluding hydrogens is 254 g/mol. The lowest BCUT2D eigenvalue weighted by molar-refractivity contribution is -0.149. The summed E-state index contributed by atoms with van der Waals surface area (Å²) in [5.74, 6) is -0.871. The summed E-state index contributed by atoms with van der Waals surface area (Å²) in [7, 11) is 0. The smallest absolute Gasteiger partial charge is 0.307 e. The van der Waals surface area contributed by atoms with E-state index in [1.807, 2.05) is 0 Å². The van der Waals surface area contributed by atoms with Crippen LogP contribution in [0, 0.1) is 17.8 Å². The van der Waals surface area contributed by atoms with E-state index in [9.17, 15) is 14.7 Å². The zero-order valence-electron chi connectivity index (χ0n) is 12.4. The highest BCUT2D eigenvalue weighted by Crippen LogP contribution is 2.31. The lowest BCUT2D eigenvalue weighted by atomic mass is 9.78. The van der Waals surface area contributed by atoms with E-state index >= 15 is 0 Å². The van der Waals surface area contributed by atoms with Crippen LogP contribution < -0.4 is 5.32 Å². The Morgan fingerprint density at radius 1 is 0.900 bits per heavy atom. The Bertz CT molecular complexity index is 356. The van der Waals surface area contributed by atoms with Crippen LogP contribution in [0.15, 0.2) is 0 Å². The lowest BCUT2D eigenvalue weighted by Gasteiger charge is -2.29. The van der Waals surface area contributed by atoms with E-state index in [0.29, 0.717) is 6.42 Å². The molecule has 2 rings (SSSR count). The van der Waals surface area contributed by atoms with E-state index < -0.39 is 11.9 Å². The summed E-state index contributed by atoms with van der Waals surface area (Å²) in [6.45, 7) is 2.27. The quantitative estimate of drug-likeness (QED) is 0.782. The number of carboxylic acid groups (broad SMARTS) is 1. The molecule has 0 aromatic rings. The van der Waals surface area contributed by atoms with Gasteiger partial charge in [0.2, 0.25) is 5.91 Å². The number of hydrogen-bond acceptors (Lipinski definition) is 2. The maximum atomic E-state index is 12.4. The van der Waals surface area contributed by atoms with Crippen molar-refractivity contribution in [3.05, 3.63) is 0 Å². The zero-order chi connectivity index (χ0) is 14.5. The molecule has 0 spiro atoms. The third-order valence-corrected chi connectivity index (χ3v) is 5.02. The van der Waals surface area contributed by atoms with Crippen LogP contribution in [0.2, 0.25) is 0 Å². The first kappa shape index (κ1) is 15.3. The molecule has 2 unspecified atom stereocenters. The topological polar surface area (TPSA) is 66.4 Å². The molecule has 2 saturated carbocycles. The molecule has 0 aliphatic heterocycles. The summed E-state index contributed by atoms with van der Waals surface area (Å²) < 4.78 is 0. The van der Waals surface area contributed by atoms with Gasteiger partial charge in [0.1, 0.15) is 0 Å². The van der Waals surface area contributed by atoms with Gasteiger partial charge < -0.3 is 10.4 Å². The highest BCUT2D eigenvalue weighted by molar-refractivity contribution is 5.85. The maximum Gasteiger partial charge on any atom is 0.307 e. The van der Waals surface area contributed by atoms with Crippen molar-refractivity contribution >= 4 is 11.9 Å². The molecule has 0 radical (unpaired) electrons. The number of rotatable bonds is 3. The number of carboxylic acids is 1. The van der Waals surface area contributed by atoms with Crippen molar-refractivity contribution in [3.8, 4) is 0 Å². The lowest BCUT2D eigenvalue weighted by Crippen LogP contribution is -2.44. The van der Waals surface area contributed by atoms with Crippen molar-refractivity contribution < 1.29 is 14.7 Å². The van der Waals surface area contributed by atoms with Crippen molar-refractivity contribution in [1.29, 1.82) is 0 Å². The summed E-state index contributed by atoms with van der Waals surface area (Å²) in [4.78, 5) is 23.7. The van der Waals surface area contributed by atoms with Crippen molar-refractivity contribution in [2.75, 3.05) is 0 Å². The van der Waals surface area contributed by atoms with Crippen LogP contribution in [-0.4, -0.2) is 23.0 Å². The summed E-state index contributed by atoms with van der Waals surface area (Å²) in [5, 5.41) is 12.4. The van der Waals surface area contributed by atoms with Crippen molar-refractivity contribution in [3.63, 3.8) is 0 Å². The molecule has 114 valence electrons. The van der Waals surface area contributed by atoms with Gasteiger partial charge in [-0.2, -0.15) is 0 Å². The van der Waals surface area contributed by atoms with E-state index in [1.165, 1.54) is 12.8 Å². The molecule has 4 atom stereocenters. The Hall–Kier alpha value is -1.06. The predicted octanol–water partition coefficient (Wildman–Crippen LogP) is 2.96. The van der Waals surface area contributed by atoms with Crippen LogP contribution in [0.4, 0.5) is 0 Å². The van der Waals surface area contributed by atoms with Crippen LogP contribution in [-0.2, 0) is 9.59 Å². The number of carbonyl (C=O) groups is 2. The molecular formula is C16H27NO3. The third-order valence-electron chi connectivity index (χ3n) is 5.02. The first-order chi connectivity index (χ1) is 9.58. The van der Waals surface area contributed by atoms with Crippen LogP contribution >= 0.6 is 0 Å². The largest absolute Gasteiger partial charge is 0.481 e. The SMILES string of the molecule is CC1CCCC(NC(=O)[C@@H]2CCCC[C@@H]2C(=O)O)CC1. The van der Waals surface area contributed by atoms with Crippen molar-refractivity contribution in [2.24, 2.45) is 17.8 Å². The molecule has 4 heteroatoms. The molecule has 0 aromatic heterocycles. The van der Waals surface area contributed by atoms with Gasteiger partial charge in [-0.1, -0.05) is 32.6 Å². The number of amides is 1. The number of aliphatic carboxylic acids is 1. The minimum Gasteiger partial charge on any atom is -0.481 e. The van der Waals surface area contributed by atoms with E-state index in [2.05, 4.69) is 12.2 Å². The van der Waals surface area contributed by atoms with Gasteiger partial charge in [-0.05, 0) is 38.0 Å². The Morgan fingerprint density at radius 3 is 2.30 bits per heavy atom. The molecule has 2 aliphatic rings. The first-order valence-corrected chi connectivity index (χ1v) is 8.11. The van der Waals surface area contributed by atoms with Crippen molar-refractivity contribution in [1.82, 2.24) is 5.32 Å². The molecule has 0 heterocycles. The van der Waals surface area contributed by atoms with Gasteiger partial charge >= 0.3 is 5.97 Å². The van der Waals surface area contributed by atoms with Crippen LogP contribution in [0.25, 0.3) is 0 Å². The van der Waals surface area contributed by atoms with E-state index in [1.54, 1.807) is 0 Å². The second-order valence-electron chi connectivity index (χ2n) is 6.65. The monoisotopic (exact) mass is 281 g/mol. The highest BCUT2D eigenvalue weighted by atomic mass is 16.4. The fourth-order valence-electron chi connectivity index (χ4n) is 3.68. The Kier molecular flexibility index (Phi) is 5.44. The van der Waals surface area contributed by atoms with Gasteiger partial charge in [0, 0.05) is 6.04 Å². The summed E-state index contributed by atoms with van der Waals surface area (Å²) in [6.07, 6.45) is 8.94. The maximum absolute atomic E-state index is 12.4. The summed E-state index contributed by atoms with van der Waals surface area (Å²) in [6, 6.07) is 0.254. The van der Waals surface area contributed by atoms with Gasteiger partial charge in [0.25, 0.3) is 0 Å². The molecule has 1 amide bonds. The average Bonchev–Trinajstić information content (AvgIpc) is 2.63. The molecule has 20 heavy (non-hydrogen) atoms. The summed E-state index contributed by atoms with van der Waals surface area (Å²) >= 11 is 0. The van der Waals surface area contributed by atoms with E-state index in [4.69, 9.17) is 0 Å². The van der Waals surface area contributed by atoms with Crippen LogP contribution in [0.1, 0.15) is 64.7 Å². The molecule has 4 nitrogen and oxygen atoms in total. The van der Waals surface area contributed by atoms with Gasteiger partial charge in [-0.15, -0.1) is 0 Å². The molecule has 2 aliphatic carbocycles. The minimum absolute atomic E-state index is 0.0170. The number of hydrogen-bond donors (Lipinski definition) is 2. The fourth-order valence-corrected chi connectivity index (χ4v) is 3.68. The van der Waals surface area contributed by atoms with Gasteiger partial charge in [-0.25, -0.2) is 0 Å². The van der Waals surface area contributed by atoms with Crippen molar-refractivity contribution in [2.45, 2.75) is 70.8 Å². The number of nitrogens with one attached hydrogen (secondary N) is 1. The predicted molar refractivity (Wildman–Crippen MR) is 77.3 cm³/mol. The summed E-state index contributed by atoms with van der Waals surface area (Å²) in [5.41, 5.74) is 0. The standard InChI is InChI=1S/C16H27NO3/c1-11-5-4-6-12(10-9-11)17-15(18)13-7-2-3-8-14(13)16(19)20/h11-14H,2-10H2,1H3,(H,17,18)(H,19,20)/t11?,12?,13-,14+/m1/s1. The second-order valence-corrected chi connectivity index (χ2v) is 6.65. The molecule has 0 aromatic carbocycles. The molecule has 0 saturated heterocycles. The molecule has 0 bridgehead atoms. The van der Waals surface area contributed by atoms with Gasteiger partial charge in [-0.3, -0.25) is 9.59 Å². The van der Waals surface area contributed by atoms with E-state index in [0.717, 1.165) is 44.4 Å². The Morgan fingerprint density at radius 2 is 1.60 bits per heavy atom.